The third-order valence-corrected chi connectivity index (χ3v) is 7.01. The van der Waals surface area contributed by atoms with Gasteiger partial charge in [-0.3, -0.25) is 5.32 Å². The predicted molar refractivity (Wildman–Crippen MR) is 148 cm³/mol. The topological polar surface area (TPSA) is 98.4 Å². The number of halogens is 3. The van der Waals surface area contributed by atoms with Crippen molar-refractivity contribution in [3.05, 3.63) is 78.1 Å². The number of hydrogen-bond acceptors (Lipinski definition) is 6. The lowest BCUT2D eigenvalue weighted by molar-refractivity contribution is -0.136. The van der Waals surface area contributed by atoms with E-state index in [1.54, 1.807) is 30.3 Å². The van der Waals surface area contributed by atoms with Gasteiger partial charge in [0.15, 0.2) is 0 Å². The molecule has 0 unspecified atom stereocenters. The van der Waals surface area contributed by atoms with E-state index >= 15 is 0 Å². The molecule has 0 aliphatic rings. The smallest absolute Gasteiger partial charge is 0.418 e. The Kier molecular flexibility index (Phi) is 8.56. The van der Waals surface area contributed by atoms with E-state index in [2.05, 4.69) is 29.1 Å². The molecule has 8 nitrogen and oxygen atoms in total. The van der Waals surface area contributed by atoms with Crippen LogP contribution in [-0.4, -0.2) is 46.8 Å². The monoisotopic (exact) mass is 572 g/mol. The maximum Gasteiger partial charge on any atom is 0.418 e. The first-order chi connectivity index (χ1) is 18.9. The molecular formula is C28H27F3N4O4S. The summed E-state index contributed by atoms with van der Waals surface area (Å²) >= 11 is 0. The molecule has 0 bridgehead atoms. The van der Waals surface area contributed by atoms with E-state index < -0.39 is 27.9 Å². The number of alkyl halides is 3. The number of carbonyl (C=O) groups is 1. The molecule has 0 saturated carbocycles. The number of fused-ring (bicyclic) bond motifs is 1. The van der Waals surface area contributed by atoms with E-state index in [1.165, 1.54) is 35.0 Å². The number of amides is 1. The highest BCUT2D eigenvalue weighted by atomic mass is 32.3. The lowest BCUT2D eigenvalue weighted by Crippen LogP contribution is -2.16. The summed E-state index contributed by atoms with van der Waals surface area (Å²) in [6.45, 7) is 0.294. The maximum absolute atomic E-state index is 14.0. The van der Waals surface area contributed by atoms with Crippen LogP contribution in [0.25, 0.3) is 11.0 Å². The van der Waals surface area contributed by atoms with E-state index in [4.69, 9.17) is 14.2 Å². The number of nitrogens with one attached hydrogen (secondary N) is 1. The highest BCUT2D eigenvalue weighted by Crippen LogP contribution is 2.41. The fourth-order valence-corrected chi connectivity index (χ4v) is 4.32. The quantitative estimate of drug-likeness (QED) is 0.217. The van der Waals surface area contributed by atoms with E-state index in [1.807, 2.05) is 6.07 Å². The van der Waals surface area contributed by atoms with Crippen LogP contribution >= 0.6 is 10.0 Å². The summed E-state index contributed by atoms with van der Waals surface area (Å²) in [5.41, 5.74) is -0.672. The van der Waals surface area contributed by atoms with Crippen LogP contribution in [0.5, 0.6) is 17.2 Å². The third kappa shape index (κ3) is 7.25. The van der Waals surface area contributed by atoms with Crippen molar-refractivity contribution in [3.8, 4) is 23.3 Å². The fraction of sp³-hybridized carbons (Fsp3) is 0.250. The molecule has 0 aliphatic carbocycles. The number of para-hydroxylation sites is 1. The van der Waals surface area contributed by atoms with Gasteiger partial charge in [-0.1, -0.05) is 18.2 Å². The number of benzene rings is 2. The van der Waals surface area contributed by atoms with Gasteiger partial charge in [-0.25, -0.2) is 19.8 Å². The Morgan fingerprint density at radius 2 is 1.85 bits per heavy atom. The van der Waals surface area contributed by atoms with Gasteiger partial charge in [-0.15, -0.1) is 0 Å². The Bertz CT molecular complexity index is 1540. The minimum Gasteiger partial charge on any atom is -0.455 e. The molecule has 0 fully saturated rings. The van der Waals surface area contributed by atoms with Crippen LogP contribution in [0.4, 0.5) is 23.7 Å². The van der Waals surface area contributed by atoms with Crippen LogP contribution in [0.3, 0.4) is 0 Å². The number of carbonyl (C=O) groups excluding carboxylic acids is 1. The summed E-state index contributed by atoms with van der Waals surface area (Å²) in [6.07, 6.45) is 3.20. The van der Waals surface area contributed by atoms with Crippen molar-refractivity contribution in [2.45, 2.75) is 12.9 Å². The molecule has 0 atom stereocenters. The largest absolute Gasteiger partial charge is 0.455 e. The Morgan fingerprint density at radius 3 is 2.52 bits per heavy atom. The van der Waals surface area contributed by atoms with Gasteiger partial charge in [0.25, 0.3) is 0 Å². The number of ether oxygens (including phenoxy) is 3. The molecule has 2 heterocycles. The number of hydrogen-bond donors (Lipinski definition) is 1. The molecule has 40 heavy (non-hydrogen) atoms. The van der Waals surface area contributed by atoms with Gasteiger partial charge in [0.1, 0.15) is 35.7 Å². The lowest BCUT2D eigenvalue weighted by atomic mass is 10.1. The second kappa shape index (κ2) is 11.9. The normalized spacial score (nSPS) is 12.1. The Hall–Kier alpha value is -4.21. The second-order valence-electron chi connectivity index (χ2n) is 9.60. The van der Waals surface area contributed by atoms with Crippen LogP contribution in [0.15, 0.2) is 67.0 Å². The van der Waals surface area contributed by atoms with Crippen molar-refractivity contribution in [3.63, 3.8) is 0 Å². The van der Waals surface area contributed by atoms with E-state index in [9.17, 15) is 23.2 Å². The predicted octanol–water partition coefficient (Wildman–Crippen LogP) is 7.00. The molecule has 0 spiro atoms. The first kappa shape index (κ1) is 28.8. The van der Waals surface area contributed by atoms with Crippen LogP contribution < -0.4 is 14.8 Å². The minimum absolute atomic E-state index is 0.00209. The van der Waals surface area contributed by atoms with Crippen LogP contribution in [-0.2, 0) is 17.6 Å². The number of rotatable bonds is 9. The molecule has 0 saturated heterocycles. The zero-order valence-electron chi connectivity index (χ0n) is 22.0. The van der Waals surface area contributed by atoms with Gasteiger partial charge in [-0.2, -0.15) is 18.4 Å². The molecule has 210 valence electrons. The molecule has 4 rings (SSSR count). The maximum atomic E-state index is 14.0. The minimum atomic E-state index is -4.69. The van der Waals surface area contributed by atoms with Crippen molar-refractivity contribution >= 4 is 32.8 Å². The standard InChI is InChI=1S/C28H27F3N4O4S/c1-40(2,3)14-13-37-18-35-17-22(28(29,30)31)25-24(11-12-33-26(25)35)39-23-10-9-20(15-19(23)16-32)34-27(36)38-21-7-5-4-6-8-21/h4-12,15,17H,13-14,18H2,1-3H3,(H,34,36). The number of nitrogens with zero attached hydrogens (tertiary/aromatic N) is 3. The molecule has 12 heteroatoms. The van der Waals surface area contributed by atoms with Gasteiger partial charge in [0.05, 0.1) is 23.1 Å². The van der Waals surface area contributed by atoms with E-state index in [0.29, 0.717) is 12.4 Å². The number of anilines is 1. The number of aromatic nitrogens is 2. The average Bonchev–Trinajstić information content (AvgIpc) is 3.28. The van der Waals surface area contributed by atoms with Crippen molar-refractivity contribution in [2.24, 2.45) is 0 Å². The third-order valence-electron chi connectivity index (χ3n) is 5.61. The molecule has 1 amide bonds. The van der Waals surface area contributed by atoms with Crippen molar-refractivity contribution < 1.29 is 32.2 Å². The van der Waals surface area contributed by atoms with E-state index in [0.717, 1.165) is 11.9 Å². The number of nitriles is 1. The van der Waals surface area contributed by atoms with Crippen LogP contribution in [0, 0.1) is 11.3 Å². The highest BCUT2D eigenvalue weighted by Gasteiger charge is 2.36. The molecular weight excluding hydrogens is 545 g/mol. The summed E-state index contributed by atoms with van der Waals surface area (Å²) in [5, 5.41) is 11.9. The molecule has 1 N–H and O–H groups in total. The molecule has 0 radical (unpaired) electrons. The van der Waals surface area contributed by atoms with Gasteiger partial charge in [0.2, 0.25) is 0 Å². The summed E-state index contributed by atoms with van der Waals surface area (Å²) in [5.74, 6) is 1.01. The second-order valence-corrected chi connectivity index (χ2v) is 14.2. The SMILES string of the molecule is CS(C)(C)CCOCn1cc(C(F)(F)F)c2c(Oc3ccc(NC(=O)Oc4ccccc4)cc3C#N)ccnc21. The highest BCUT2D eigenvalue weighted by molar-refractivity contribution is 8.32. The molecule has 2 aromatic carbocycles. The first-order valence-corrected chi connectivity index (χ1v) is 15.0. The van der Waals surface area contributed by atoms with Crippen molar-refractivity contribution in [1.29, 1.82) is 5.26 Å². The van der Waals surface area contributed by atoms with Gasteiger partial charge in [0, 0.05) is 23.8 Å². The van der Waals surface area contributed by atoms with Crippen molar-refractivity contribution in [1.82, 2.24) is 9.55 Å². The first-order valence-electron chi connectivity index (χ1n) is 12.0. The van der Waals surface area contributed by atoms with Gasteiger partial charge >= 0.3 is 12.3 Å². The van der Waals surface area contributed by atoms with E-state index in [-0.39, 0.29) is 40.5 Å². The van der Waals surface area contributed by atoms with Crippen LogP contribution in [0.2, 0.25) is 0 Å². The van der Waals surface area contributed by atoms with Crippen molar-refractivity contribution in [2.75, 3.05) is 36.4 Å². The summed E-state index contributed by atoms with van der Waals surface area (Å²) in [4.78, 5) is 16.4. The van der Waals surface area contributed by atoms with Gasteiger partial charge < -0.3 is 18.8 Å². The Labute approximate surface area is 230 Å². The average molecular weight is 573 g/mol. The molecule has 0 aliphatic heterocycles. The summed E-state index contributed by atoms with van der Waals surface area (Å²) < 4.78 is 60.0. The Balaban J connectivity index is 1.58. The molecule has 2 aromatic heterocycles. The fourth-order valence-electron chi connectivity index (χ4n) is 3.70. The zero-order chi connectivity index (χ0) is 28.9. The summed E-state index contributed by atoms with van der Waals surface area (Å²) in [6, 6.07) is 15.8. The lowest BCUT2D eigenvalue weighted by Gasteiger charge is -2.24. The Morgan fingerprint density at radius 1 is 1.10 bits per heavy atom. The van der Waals surface area contributed by atoms with Crippen LogP contribution in [0.1, 0.15) is 11.1 Å². The summed E-state index contributed by atoms with van der Waals surface area (Å²) in [7, 11) is -0.818. The van der Waals surface area contributed by atoms with Gasteiger partial charge in [-0.05, 0) is 55.2 Å². The number of pyridine rings is 1. The molecule has 4 aromatic rings. The zero-order valence-corrected chi connectivity index (χ0v) is 22.8.